The number of aryl methyl sites for hydroxylation is 1. The number of nitrogens with zero attached hydrogens (tertiary/aromatic N) is 3. The zero-order valence-electron chi connectivity index (χ0n) is 11.4. The van der Waals surface area contributed by atoms with Gasteiger partial charge < -0.3 is 10.1 Å². The lowest BCUT2D eigenvalue weighted by Gasteiger charge is -2.19. The van der Waals surface area contributed by atoms with Crippen molar-refractivity contribution in [3.05, 3.63) is 12.2 Å². The lowest BCUT2D eigenvalue weighted by molar-refractivity contribution is 0.181. The molecule has 0 radical (unpaired) electrons. The van der Waals surface area contributed by atoms with Gasteiger partial charge in [-0.25, -0.2) is 4.98 Å². The van der Waals surface area contributed by atoms with Crippen molar-refractivity contribution in [3.8, 4) is 0 Å². The Morgan fingerprint density at radius 2 is 2.50 bits per heavy atom. The van der Waals surface area contributed by atoms with E-state index in [2.05, 4.69) is 22.3 Å². The summed E-state index contributed by atoms with van der Waals surface area (Å²) in [6, 6.07) is 0.469. The van der Waals surface area contributed by atoms with E-state index in [1.54, 1.807) is 6.33 Å². The zero-order chi connectivity index (χ0) is 12.8. The van der Waals surface area contributed by atoms with Gasteiger partial charge in [-0.15, -0.1) is 0 Å². The van der Waals surface area contributed by atoms with Gasteiger partial charge >= 0.3 is 0 Å². The topological polar surface area (TPSA) is 52.0 Å². The third-order valence-electron chi connectivity index (χ3n) is 3.61. The SMILES string of the molecule is CCCn1ncnc1CC(CC1CCOC1)NC. The van der Waals surface area contributed by atoms with Crippen LogP contribution in [0.2, 0.25) is 0 Å². The number of nitrogens with one attached hydrogen (secondary N) is 1. The highest BCUT2D eigenvalue weighted by atomic mass is 16.5. The first kappa shape index (κ1) is 13.5. The zero-order valence-corrected chi connectivity index (χ0v) is 11.4. The average Bonchev–Trinajstić information content (AvgIpc) is 3.01. The molecule has 102 valence electrons. The lowest BCUT2D eigenvalue weighted by Crippen LogP contribution is -2.31. The summed E-state index contributed by atoms with van der Waals surface area (Å²) in [7, 11) is 2.03. The molecule has 1 fully saturated rings. The van der Waals surface area contributed by atoms with Gasteiger partial charge in [0.1, 0.15) is 12.2 Å². The van der Waals surface area contributed by atoms with Crippen molar-refractivity contribution in [2.24, 2.45) is 5.92 Å². The fraction of sp³-hybridized carbons (Fsp3) is 0.846. The van der Waals surface area contributed by atoms with Gasteiger partial charge in [-0.2, -0.15) is 5.10 Å². The standard InChI is InChI=1S/C13H24N4O/c1-3-5-17-13(15-10-16-17)8-12(14-2)7-11-4-6-18-9-11/h10-12,14H,3-9H2,1-2H3. The van der Waals surface area contributed by atoms with Gasteiger partial charge in [0.2, 0.25) is 0 Å². The molecule has 0 bridgehead atoms. The van der Waals surface area contributed by atoms with Gasteiger partial charge in [-0.1, -0.05) is 6.92 Å². The molecule has 5 heteroatoms. The minimum atomic E-state index is 0.469. The van der Waals surface area contributed by atoms with Crippen molar-refractivity contribution < 1.29 is 4.74 Å². The molecule has 0 amide bonds. The molecule has 0 aliphatic carbocycles. The van der Waals surface area contributed by atoms with E-state index in [1.165, 1.54) is 6.42 Å². The maximum atomic E-state index is 5.44. The molecule has 1 aromatic heterocycles. The van der Waals surface area contributed by atoms with Crippen LogP contribution in [-0.4, -0.2) is 41.1 Å². The molecule has 1 N–H and O–H groups in total. The Balaban J connectivity index is 1.89. The number of rotatable bonds is 7. The van der Waals surface area contributed by atoms with E-state index in [0.29, 0.717) is 12.0 Å². The summed E-state index contributed by atoms with van der Waals surface area (Å²) in [5.74, 6) is 1.79. The van der Waals surface area contributed by atoms with Crippen LogP contribution in [0.15, 0.2) is 6.33 Å². The van der Waals surface area contributed by atoms with Crippen LogP contribution >= 0.6 is 0 Å². The minimum Gasteiger partial charge on any atom is -0.381 e. The van der Waals surface area contributed by atoms with Crippen LogP contribution in [0.5, 0.6) is 0 Å². The first-order chi connectivity index (χ1) is 8.83. The highest BCUT2D eigenvalue weighted by Crippen LogP contribution is 2.19. The lowest BCUT2D eigenvalue weighted by atomic mass is 9.97. The number of hydrogen-bond acceptors (Lipinski definition) is 4. The normalized spacial score (nSPS) is 21.3. The molecule has 2 atom stereocenters. The first-order valence-electron chi connectivity index (χ1n) is 6.95. The van der Waals surface area contributed by atoms with Crippen LogP contribution < -0.4 is 5.32 Å². The van der Waals surface area contributed by atoms with E-state index in [-0.39, 0.29) is 0 Å². The molecule has 0 aromatic carbocycles. The maximum absolute atomic E-state index is 5.44. The largest absolute Gasteiger partial charge is 0.381 e. The molecule has 1 aliphatic rings. The molecule has 5 nitrogen and oxygen atoms in total. The van der Waals surface area contributed by atoms with Crippen LogP contribution in [0.25, 0.3) is 0 Å². The van der Waals surface area contributed by atoms with Crippen LogP contribution in [0, 0.1) is 5.92 Å². The molecule has 1 aliphatic heterocycles. The van der Waals surface area contributed by atoms with E-state index < -0.39 is 0 Å². The van der Waals surface area contributed by atoms with Gasteiger partial charge in [0, 0.05) is 32.2 Å². The highest BCUT2D eigenvalue weighted by molar-refractivity contribution is 4.90. The van der Waals surface area contributed by atoms with Crippen LogP contribution in [-0.2, 0) is 17.7 Å². The number of aromatic nitrogens is 3. The van der Waals surface area contributed by atoms with Crippen LogP contribution in [0.1, 0.15) is 32.0 Å². The molecular formula is C13H24N4O. The molecule has 2 rings (SSSR count). The summed E-state index contributed by atoms with van der Waals surface area (Å²) in [5, 5.41) is 7.68. The van der Waals surface area contributed by atoms with Crippen LogP contribution in [0.3, 0.4) is 0 Å². The van der Waals surface area contributed by atoms with E-state index >= 15 is 0 Å². The van der Waals surface area contributed by atoms with Crippen molar-refractivity contribution in [1.82, 2.24) is 20.1 Å². The second kappa shape index (κ2) is 6.85. The van der Waals surface area contributed by atoms with Crippen LogP contribution in [0.4, 0.5) is 0 Å². The number of likely N-dealkylation sites (N-methyl/N-ethyl adjacent to an activating group) is 1. The summed E-state index contributed by atoms with van der Waals surface area (Å²) < 4.78 is 7.46. The first-order valence-corrected chi connectivity index (χ1v) is 6.95. The van der Waals surface area contributed by atoms with E-state index in [0.717, 1.165) is 44.8 Å². The summed E-state index contributed by atoms with van der Waals surface area (Å²) in [4.78, 5) is 4.38. The summed E-state index contributed by atoms with van der Waals surface area (Å²) in [5.41, 5.74) is 0. The molecule has 0 spiro atoms. The summed E-state index contributed by atoms with van der Waals surface area (Å²) in [6.45, 7) is 4.96. The van der Waals surface area contributed by atoms with Gasteiger partial charge in [0.15, 0.2) is 0 Å². The smallest absolute Gasteiger partial charge is 0.138 e. The Labute approximate surface area is 109 Å². The molecule has 2 heterocycles. The number of ether oxygens (including phenoxy) is 1. The predicted octanol–water partition coefficient (Wildman–Crippen LogP) is 1.25. The van der Waals surface area contributed by atoms with E-state index in [9.17, 15) is 0 Å². The molecule has 1 saturated heterocycles. The summed E-state index contributed by atoms with van der Waals surface area (Å²) >= 11 is 0. The number of hydrogen-bond donors (Lipinski definition) is 1. The van der Waals surface area contributed by atoms with Gasteiger partial charge in [0.05, 0.1) is 0 Å². The quantitative estimate of drug-likeness (QED) is 0.793. The van der Waals surface area contributed by atoms with Crippen molar-refractivity contribution in [3.63, 3.8) is 0 Å². The van der Waals surface area contributed by atoms with Crippen molar-refractivity contribution in [2.45, 2.75) is 45.2 Å². The summed E-state index contributed by atoms with van der Waals surface area (Å²) in [6.07, 6.45) is 6.07. The van der Waals surface area contributed by atoms with Crippen molar-refractivity contribution >= 4 is 0 Å². The Morgan fingerprint density at radius 1 is 1.61 bits per heavy atom. The third kappa shape index (κ3) is 3.53. The Morgan fingerprint density at radius 3 is 3.17 bits per heavy atom. The van der Waals surface area contributed by atoms with E-state index in [4.69, 9.17) is 4.74 Å². The van der Waals surface area contributed by atoms with E-state index in [1.807, 2.05) is 11.7 Å². The Kier molecular flexibility index (Phi) is 5.13. The fourth-order valence-electron chi connectivity index (χ4n) is 2.54. The molecule has 18 heavy (non-hydrogen) atoms. The molecule has 1 aromatic rings. The van der Waals surface area contributed by atoms with Gasteiger partial charge in [-0.3, -0.25) is 4.68 Å². The fourth-order valence-corrected chi connectivity index (χ4v) is 2.54. The highest BCUT2D eigenvalue weighted by Gasteiger charge is 2.21. The van der Waals surface area contributed by atoms with Crippen molar-refractivity contribution in [1.29, 1.82) is 0 Å². The van der Waals surface area contributed by atoms with Gasteiger partial charge in [-0.05, 0) is 32.2 Å². The average molecular weight is 252 g/mol. The Bertz CT molecular complexity index is 347. The van der Waals surface area contributed by atoms with Crippen molar-refractivity contribution in [2.75, 3.05) is 20.3 Å². The second-order valence-electron chi connectivity index (χ2n) is 5.05. The minimum absolute atomic E-state index is 0.469. The maximum Gasteiger partial charge on any atom is 0.138 e. The molecule has 2 unspecified atom stereocenters. The second-order valence-corrected chi connectivity index (χ2v) is 5.05. The Hall–Kier alpha value is -0.940. The third-order valence-corrected chi connectivity index (χ3v) is 3.61. The van der Waals surface area contributed by atoms with Gasteiger partial charge in [0.25, 0.3) is 0 Å². The predicted molar refractivity (Wildman–Crippen MR) is 70.4 cm³/mol. The monoisotopic (exact) mass is 252 g/mol. The molecule has 0 saturated carbocycles. The molecular weight excluding hydrogens is 228 g/mol.